The van der Waals surface area contributed by atoms with Crippen molar-refractivity contribution in [1.82, 2.24) is 10.2 Å². The number of esters is 1. The minimum atomic E-state index is -0.519. The lowest BCUT2D eigenvalue weighted by Crippen LogP contribution is -2.27. The third-order valence-electron chi connectivity index (χ3n) is 5.65. The zero-order chi connectivity index (χ0) is 21.8. The first-order chi connectivity index (χ1) is 15.1. The van der Waals surface area contributed by atoms with Crippen LogP contribution in [0.4, 0.5) is 5.69 Å². The molecule has 1 aromatic heterocycles. The number of nitrogens with zero attached hydrogens (tertiary/aromatic N) is 3. The van der Waals surface area contributed by atoms with Crippen molar-refractivity contribution in [2.45, 2.75) is 39.2 Å². The highest BCUT2D eigenvalue weighted by molar-refractivity contribution is 6.00. The van der Waals surface area contributed by atoms with Crippen LogP contribution >= 0.6 is 0 Å². The van der Waals surface area contributed by atoms with E-state index in [9.17, 15) is 9.59 Å². The smallest absolute Gasteiger partial charge is 0.311 e. The normalized spacial score (nSPS) is 17.0. The SMILES string of the molecule is CC[C@H](C)c1ccccc1N1C[C@@H](C(=O)OCc2nnc(-c3ccccc3)o2)CC1=O. The van der Waals surface area contributed by atoms with Crippen molar-refractivity contribution < 1.29 is 18.7 Å². The van der Waals surface area contributed by atoms with Gasteiger partial charge in [-0.05, 0) is 36.1 Å². The molecule has 1 amide bonds. The van der Waals surface area contributed by atoms with Gasteiger partial charge in [0.1, 0.15) is 0 Å². The molecule has 4 rings (SSSR count). The molecule has 3 aromatic rings. The van der Waals surface area contributed by atoms with Crippen LogP contribution in [-0.2, 0) is 20.9 Å². The number of ether oxygens (including phenoxy) is 1. The number of amides is 1. The Bertz CT molecular complexity index is 1060. The third-order valence-corrected chi connectivity index (χ3v) is 5.65. The van der Waals surface area contributed by atoms with E-state index < -0.39 is 11.9 Å². The van der Waals surface area contributed by atoms with Crippen LogP contribution in [0.25, 0.3) is 11.5 Å². The maximum Gasteiger partial charge on any atom is 0.311 e. The zero-order valence-electron chi connectivity index (χ0n) is 17.7. The molecule has 2 atom stereocenters. The summed E-state index contributed by atoms with van der Waals surface area (Å²) in [6.07, 6.45) is 1.10. The van der Waals surface area contributed by atoms with Gasteiger partial charge in [0.25, 0.3) is 5.89 Å². The first kappa shape index (κ1) is 20.8. The second-order valence-corrected chi connectivity index (χ2v) is 7.75. The largest absolute Gasteiger partial charge is 0.455 e. The average Bonchev–Trinajstić information content (AvgIpc) is 3.44. The Morgan fingerprint density at radius 3 is 2.68 bits per heavy atom. The molecule has 0 saturated carbocycles. The van der Waals surface area contributed by atoms with Gasteiger partial charge in [0, 0.05) is 24.2 Å². The van der Waals surface area contributed by atoms with Crippen LogP contribution in [0.15, 0.2) is 59.0 Å². The van der Waals surface area contributed by atoms with Crippen molar-refractivity contribution in [3.63, 3.8) is 0 Å². The topological polar surface area (TPSA) is 85.5 Å². The summed E-state index contributed by atoms with van der Waals surface area (Å²) in [4.78, 5) is 27.0. The van der Waals surface area contributed by atoms with E-state index >= 15 is 0 Å². The Morgan fingerprint density at radius 2 is 1.90 bits per heavy atom. The summed E-state index contributed by atoms with van der Waals surface area (Å²) in [6.45, 7) is 4.45. The summed E-state index contributed by atoms with van der Waals surface area (Å²) < 4.78 is 11.0. The molecule has 1 aliphatic heterocycles. The van der Waals surface area contributed by atoms with Crippen LogP contribution in [0, 0.1) is 5.92 Å². The van der Waals surface area contributed by atoms with Crippen molar-refractivity contribution in [1.29, 1.82) is 0 Å². The second kappa shape index (κ2) is 9.12. The van der Waals surface area contributed by atoms with Gasteiger partial charge in [0.2, 0.25) is 11.8 Å². The highest BCUT2D eigenvalue weighted by Crippen LogP contribution is 2.33. The van der Waals surface area contributed by atoms with E-state index in [1.165, 1.54) is 0 Å². The van der Waals surface area contributed by atoms with Crippen molar-refractivity contribution in [2.24, 2.45) is 5.92 Å². The summed E-state index contributed by atoms with van der Waals surface area (Å²) in [6, 6.07) is 17.3. The van der Waals surface area contributed by atoms with Gasteiger partial charge in [0.05, 0.1) is 5.92 Å². The van der Waals surface area contributed by atoms with Crippen LogP contribution in [0.5, 0.6) is 0 Å². The summed E-state index contributed by atoms with van der Waals surface area (Å²) in [5, 5.41) is 7.93. The Morgan fingerprint density at radius 1 is 1.16 bits per heavy atom. The second-order valence-electron chi connectivity index (χ2n) is 7.75. The van der Waals surface area contributed by atoms with Gasteiger partial charge in [-0.25, -0.2) is 0 Å². The maximum absolute atomic E-state index is 12.7. The molecule has 0 unspecified atom stereocenters. The lowest BCUT2D eigenvalue weighted by molar-refractivity contribution is -0.150. The Balaban J connectivity index is 1.39. The number of benzene rings is 2. The number of carbonyl (C=O) groups is 2. The van der Waals surface area contributed by atoms with Gasteiger partial charge in [-0.1, -0.05) is 50.2 Å². The van der Waals surface area contributed by atoms with Gasteiger partial charge in [-0.2, -0.15) is 0 Å². The number of aromatic nitrogens is 2. The monoisotopic (exact) mass is 419 g/mol. The summed E-state index contributed by atoms with van der Waals surface area (Å²) in [5.74, 6) is -0.107. The molecule has 0 aliphatic carbocycles. The molecule has 7 heteroatoms. The molecule has 160 valence electrons. The van der Waals surface area contributed by atoms with Crippen molar-refractivity contribution >= 4 is 17.6 Å². The van der Waals surface area contributed by atoms with Crippen molar-refractivity contribution in [2.75, 3.05) is 11.4 Å². The van der Waals surface area contributed by atoms with Crippen LogP contribution in [0.1, 0.15) is 44.1 Å². The van der Waals surface area contributed by atoms with Crippen molar-refractivity contribution in [3.05, 3.63) is 66.1 Å². The average molecular weight is 419 g/mol. The highest BCUT2D eigenvalue weighted by atomic mass is 16.5. The standard InChI is InChI=1S/C24H25N3O4/c1-3-16(2)19-11-7-8-12-20(19)27-14-18(13-22(27)28)24(29)30-15-21-25-26-23(31-21)17-9-5-4-6-10-17/h4-12,16,18H,3,13-15H2,1-2H3/t16-,18-/m0/s1. The lowest BCUT2D eigenvalue weighted by Gasteiger charge is -2.23. The highest BCUT2D eigenvalue weighted by Gasteiger charge is 2.37. The first-order valence-electron chi connectivity index (χ1n) is 10.5. The van der Waals surface area contributed by atoms with E-state index in [1.54, 1.807) is 4.90 Å². The van der Waals surface area contributed by atoms with Crippen LogP contribution in [-0.4, -0.2) is 28.6 Å². The Labute approximate surface area is 181 Å². The summed E-state index contributed by atoms with van der Waals surface area (Å²) >= 11 is 0. The number of rotatable bonds is 7. The molecular formula is C24H25N3O4. The number of hydrogen-bond acceptors (Lipinski definition) is 6. The molecule has 2 heterocycles. The number of anilines is 1. The Kier molecular flexibility index (Phi) is 6.11. The molecule has 0 N–H and O–H groups in total. The number of hydrogen-bond donors (Lipinski definition) is 0. The van der Waals surface area contributed by atoms with Gasteiger partial charge in [-0.3, -0.25) is 9.59 Å². The van der Waals surface area contributed by atoms with Gasteiger partial charge in [0.15, 0.2) is 6.61 Å². The minimum absolute atomic E-state index is 0.0677. The molecule has 1 aliphatic rings. The van der Waals surface area contributed by atoms with Crippen LogP contribution in [0.3, 0.4) is 0 Å². The Hall–Kier alpha value is -3.48. The fraction of sp³-hybridized carbons (Fsp3) is 0.333. The van der Waals surface area contributed by atoms with E-state index in [4.69, 9.17) is 9.15 Å². The van der Waals surface area contributed by atoms with Gasteiger partial charge >= 0.3 is 5.97 Å². The lowest BCUT2D eigenvalue weighted by atomic mass is 9.96. The molecule has 1 fully saturated rings. The molecule has 31 heavy (non-hydrogen) atoms. The summed E-state index contributed by atoms with van der Waals surface area (Å²) in [5.41, 5.74) is 2.79. The predicted molar refractivity (Wildman–Crippen MR) is 115 cm³/mol. The van der Waals surface area contributed by atoms with Crippen LogP contribution < -0.4 is 4.90 Å². The molecule has 0 bridgehead atoms. The van der Waals surface area contributed by atoms with E-state index in [0.29, 0.717) is 18.4 Å². The number of para-hydroxylation sites is 1. The summed E-state index contributed by atoms with van der Waals surface area (Å²) in [7, 11) is 0. The minimum Gasteiger partial charge on any atom is -0.455 e. The molecule has 0 spiro atoms. The molecule has 2 aromatic carbocycles. The van der Waals surface area contributed by atoms with Crippen LogP contribution in [0.2, 0.25) is 0 Å². The molecule has 0 radical (unpaired) electrons. The molecule has 7 nitrogen and oxygen atoms in total. The van der Waals surface area contributed by atoms with E-state index in [-0.39, 0.29) is 24.8 Å². The van der Waals surface area contributed by atoms with Gasteiger partial charge < -0.3 is 14.1 Å². The quantitative estimate of drug-likeness (QED) is 0.530. The van der Waals surface area contributed by atoms with Crippen molar-refractivity contribution in [3.8, 4) is 11.5 Å². The third kappa shape index (κ3) is 4.50. The van der Waals surface area contributed by atoms with E-state index in [0.717, 1.165) is 23.2 Å². The number of carbonyl (C=O) groups excluding carboxylic acids is 2. The van der Waals surface area contributed by atoms with Gasteiger partial charge in [-0.15, -0.1) is 10.2 Å². The molecular weight excluding hydrogens is 394 g/mol. The van der Waals surface area contributed by atoms with E-state index in [2.05, 4.69) is 24.0 Å². The molecule has 1 saturated heterocycles. The van der Waals surface area contributed by atoms with E-state index in [1.807, 2.05) is 54.6 Å². The first-order valence-corrected chi connectivity index (χ1v) is 10.5. The zero-order valence-corrected chi connectivity index (χ0v) is 17.7. The fourth-order valence-electron chi connectivity index (χ4n) is 3.73. The fourth-order valence-corrected chi connectivity index (χ4v) is 3.73. The predicted octanol–water partition coefficient (Wildman–Crippen LogP) is 4.35. The maximum atomic E-state index is 12.7.